The third-order valence-electron chi connectivity index (χ3n) is 3.23. The molecule has 1 saturated heterocycles. The number of halogens is 2. The summed E-state index contributed by atoms with van der Waals surface area (Å²) in [5.41, 5.74) is -0.0546. The van der Waals surface area contributed by atoms with Gasteiger partial charge in [0.15, 0.2) is 11.6 Å². The van der Waals surface area contributed by atoms with Crippen molar-refractivity contribution in [1.29, 1.82) is 0 Å². The molecular formula is C13H13F2NO3. The highest BCUT2D eigenvalue weighted by atomic mass is 19.2. The maximum Gasteiger partial charge on any atom is 0.326 e. The lowest BCUT2D eigenvalue weighted by Crippen LogP contribution is -2.41. The van der Waals surface area contributed by atoms with Gasteiger partial charge in [0, 0.05) is 12.1 Å². The Kier molecular flexibility index (Phi) is 3.78. The molecule has 0 aliphatic carbocycles. The maximum absolute atomic E-state index is 13.4. The highest BCUT2D eigenvalue weighted by Gasteiger charge is 2.34. The molecule has 0 unspecified atom stereocenters. The zero-order valence-corrected chi connectivity index (χ0v) is 10.1. The smallest absolute Gasteiger partial charge is 0.326 e. The van der Waals surface area contributed by atoms with Crippen LogP contribution >= 0.6 is 0 Å². The minimum Gasteiger partial charge on any atom is -0.480 e. The number of carboxylic acids is 1. The summed E-state index contributed by atoms with van der Waals surface area (Å²) in [4.78, 5) is 24.1. The molecule has 1 fully saturated rings. The zero-order valence-electron chi connectivity index (χ0n) is 10.1. The van der Waals surface area contributed by atoms with Crippen LogP contribution < -0.4 is 0 Å². The van der Waals surface area contributed by atoms with Gasteiger partial charge in [0.2, 0.25) is 5.91 Å². The summed E-state index contributed by atoms with van der Waals surface area (Å²) in [6.07, 6.45) is 0.675. The van der Waals surface area contributed by atoms with E-state index in [-0.39, 0.29) is 12.0 Å². The predicted molar refractivity (Wildman–Crippen MR) is 62.4 cm³/mol. The van der Waals surface area contributed by atoms with Crippen molar-refractivity contribution >= 4 is 11.9 Å². The van der Waals surface area contributed by atoms with Gasteiger partial charge < -0.3 is 10.0 Å². The standard InChI is InChI=1S/C13H13F2NO3/c14-9-4-1-3-8(12(9)15)7-11(17)16-6-2-5-10(16)13(18)19/h1,3-4,10H,2,5-7H2,(H,18,19)/t10-/m0/s1. The van der Waals surface area contributed by atoms with Crippen LogP contribution in [0.25, 0.3) is 0 Å². The quantitative estimate of drug-likeness (QED) is 0.906. The van der Waals surface area contributed by atoms with Gasteiger partial charge >= 0.3 is 5.97 Å². The molecule has 2 rings (SSSR count). The molecule has 19 heavy (non-hydrogen) atoms. The van der Waals surface area contributed by atoms with Gasteiger partial charge in [-0.25, -0.2) is 13.6 Å². The fourth-order valence-corrected chi connectivity index (χ4v) is 2.27. The molecule has 1 aliphatic rings. The van der Waals surface area contributed by atoms with Gasteiger partial charge in [-0.15, -0.1) is 0 Å². The molecular weight excluding hydrogens is 256 g/mol. The van der Waals surface area contributed by atoms with Crippen molar-refractivity contribution in [2.75, 3.05) is 6.54 Å². The number of hydrogen-bond acceptors (Lipinski definition) is 2. The van der Waals surface area contributed by atoms with E-state index in [1.54, 1.807) is 0 Å². The Labute approximate surface area is 108 Å². The van der Waals surface area contributed by atoms with E-state index >= 15 is 0 Å². The Morgan fingerprint density at radius 3 is 2.79 bits per heavy atom. The summed E-state index contributed by atoms with van der Waals surface area (Å²) >= 11 is 0. The number of carboxylic acid groups (broad SMARTS) is 1. The van der Waals surface area contributed by atoms with Crippen LogP contribution in [0.2, 0.25) is 0 Å². The monoisotopic (exact) mass is 269 g/mol. The van der Waals surface area contributed by atoms with Crippen molar-refractivity contribution in [3.8, 4) is 0 Å². The number of benzene rings is 1. The maximum atomic E-state index is 13.4. The number of likely N-dealkylation sites (tertiary alicyclic amines) is 1. The Bertz CT molecular complexity index is 519. The number of aliphatic carboxylic acids is 1. The molecule has 0 spiro atoms. The van der Waals surface area contributed by atoms with E-state index in [1.165, 1.54) is 17.0 Å². The highest BCUT2D eigenvalue weighted by molar-refractivity contribution is 5.85. The van der Waals surface area contributed by atoms with Crippen molar-refractivity contribution in [2.45, 2.75) is 25.3 Å². The van der Waals surface area contributed by atoms with Crippen LogP contribution in [-0.4, -0.2) is 34.5 Å². The largest absolute Gasteiger partial charge is 0.480 e. The first-order chi connectivity index (χ1) is 9.00. The van der Waals surface area contributed by atoms with Crippen molar-refractivity contribution in [3.05, 3.63) is 35.4 Å². The van der Waals surface area contributed by atoms with E-state index in [4.69, 9.17) is 5.11 Å². The first-order valence-corrected chi connectivity index (χ1v) is 5.96. The topological polar surface area (TPSA) is 57.6 Å². The van der Waals surface area contributed by atoms with Crippen LogP contribution in [0.3, 0.4) is 0 Å². The normalized spacial score (nSPS) is 18.6. The summed E-state index contributed by atoms with van der Waals surface area (Å²) < 4.78 is 26.5. The Morgan fingerprint density at radius 2 is 2.11 bits per heavy atom. The van der Waals surface area contributed by atoms with Gasteiger partial charge in [-0.2, -0.15) is 0 Å². The van der Waals surface area contributed by atoms with Gasteiger partial charge in [-0.3, -0.25) is 4.79 Å². The predicted octanol–water partition coefficient (Wildman–Crippen LogP) is 1.58. The third-order valence-corrected chi connectivity index (χ3v) is 3.23. The summed E-state index contributed by atoms with van der Waals surface area (Å²) in [7, 11) is 0. The van der Waals surface area contributed by atoms with E-state index in [9.17, 15) is 18.4 Å². The van der Waals surface area contributed by atoms with Crippen LogP contribution in [0.15, 0.2) is 18.2 Å². The molecule has 0 aromatic heterocycles. The minimum atomic E-state index is -1.06. The van der Waals surface area contributed by atoms with Gasteiger partial charge in [0.25, 0.3) is 0 Å². The highest BCUT2D eigenvalue weighted by Crippen LogP contribution is 2.20. The van der Waals surface area contributed by atoms with Crippen molar-refractivity contribution in [1.82, 2.24) is 4.90 Å². The van der Waals surface area contributed by atoms with Gasteiger partial charge in [-0.1, -0.05) is 12.1 Å². The SMILES string of the molecule is O=C(O)[C@@H]1CCCN1C(=O)Cc1cccc(F)c1F. The van der Waals surface area contributed by atoms with E-state index in [1.807, 2.05) is 0 Å². The Hall–Kier alpha value is -1.98. The van der Waals surface area contributed by atoms with Crippen LogP contribution in [0, 0.1) is 11.6 Å². The lowest BCUT2D eigenvalue weighted by molar-refractivity contribution is -0.148. The first-order valence-electron chi connectivity index (χ1n) is 5.96. The fourth-order valence-electron chi connectivity index (χ4n) is 2.27. The molecule has 102 valence electrons. The molecule has 1 N–H and O–H groups in total. The summed E-state index contributed by atoms with van der Waals surface area (Å²) in [5.74, 6) is -3.62. The minimum absolute atomic E-state index is 0.0546. The van der Waals surface area contributed by atoms with Gasteiger partial charge in [-0.05, 0) is 18.9 Å². The second-order valence-corrected chi connectivity index (χ2v) is 4.47. The van der Waals surface area contributed by atoms with Crippen LogP contribution in [0.5, 0.6) is 0 Å². The molecule has 1 aromatic carbocycles. The van der Waals surface area contributed by atoms with Crippen LogP contribution in [0.4, 0.5) is 8.78 Å². The van der Waals surface area contributed by atoms with E-state index < -0.39 is 29.6 Å². The number of rotatable bonds is 3. The van der Waals surface area contributed by atoms with E-state index in [0.717, 1.165) is 6.07 Å². The summed E-state index contributed by atoms with van der Waals surface area (Å²) in [6.45, 7) is 0.340. The Morgan fingerprint density at radius 1 is 1.37 bits per heavy atom. The third kappa shape index (κ3) is 2.72. The lowest BCUT2D eigenvalue weighted by Gasteiger charge is -2.21. The molecule has 0 saturated carbocycles. The summed E-state index contributed by atoms with van der Waals surface area (Å²) in [5, 5.41) is 8.97. The van der Waals surface area contributed by atoms with Crippen molar-refractivity contribution in [2.24, 2.45) is 0 Å². The number of amides is 1. The second-order valence-electron chi connectivity index (χ2n) is 4.47. The van der Waals surface area contributed by atoms with E-state index in [2.05, 4.69) is 0 Å². The molecule has 0 bridgehead atoms. The molecule has 6 heteroatoms. The van der Waals surface area contributed by atoms with Crippen LogP contribution in [-0.2, 0) is 16.0 Å². The van der Waals surface area contributed by atoms with Crippen molar-refractivity contribution in [3.63, 3.8) is 0 Å². The Balaban J connectivity index is 2.13. The fraction of sp³-hybridized carbons (Fsp3) is 0.385. The second kappa shape index (κ2) is 5.34. The molecule has 1 atom stereocenters. The van der Waals surface area contributed by atoms with Gasteiger partial charge in [0.1, 0.15) is 6.04 Å². The number of carbonyl (C=O) groups excluding carboxylic acids is 1. The number of nitrogens with zero attached hydrogens (tertiary/aromatic N) is 1. The number of carbonyl (C=O) groups is 2. The molecule has 1 heterocycles. The number of hydrogen-bond donors (Lipinski definition) is 1. The molecule has 1 amide bonds. The van der Waals surface area contributed by atoms with Crippen molar-refractivity contribution < 1.29 is 23.5 Å². The average molecular weight is 269 g/mol. The molecule has 4 nitrogen and oxygen atoms in total. The van der Waals surface area contributed by atoms with Crippen LogP contribution in [0.1, 0.15) is 18.4 Å². The first kappa shape index (κ1) is 13.5. The van der Waals surface area contributed by atoms with E-state index in [0.29, 0.717) is 19.4 Å². The lowest BCUT2D eigenvalue weighted by atomic mass is 10.1. The summed E-state index contributed by atoms with van der Waals surface area (Å²) in [6, 6.07) is 2.75. The molecule has 1 aromatic rings. The molecule has 1 aliphatic heterocycles. The zero-order chi connectivity index (χ0) is 14.0. The average Bonchev–Trinajstić information content (AvgIpc) is 2.84. The van der Waals surface area contributed by atoms with Gasteiger partial charge in [0.05, 0.1) is 6.42 Å². The molecule has 0 radical (unpaired) electrons.